The minimum absolute atomic E-state index is 0.0621. The first-order valence-electron chi connectivity index (χ1n) is 5.16. The molecule has 0 aromatic rings. The Morgan fingerprint density at radius 1 is 1.60 bits per heavy atom. The summed E-state index contributed by atoms with van der Waals surface area (Å²) >= 11 is 0. The molecular formula is C10H18N2O3. The third-order valence-corrected chi connectivity index (χ3v) is 2.74. The van der Waals surface area contributed by atoms with Crippen molar-refractivity contribution in [1.29, 1.82) is 0 Å². The highest BCUT2D eigenvalue weighted by Gasteiger charge is 2.48. The topological polar surface area (TPSA) is 92.4 Å². The van der Waals surface area contributed by atoms with Gasteiger partial charge in [0.05, 0.1) is 0 Å². The fourth-order valence-corrected chi connectivity index (χ4v) is 1.62. The normalized spacial score (nSPS) is 21.5. The number of nitrogens with one attached hydrogen (secondary N) is 1. The summed E-state index contributed by atoms with van der Waals surface area (Å²) < 4.78 is 0. The summed E-state index contributed by atoms with van der Waals surface area (Å²) in [5, 5.41) is 11.6. The number of carboxylic acids is 1. The molecule has 0 radical (unpaired) electrons. The average Bonchev–Trinajstić information content (AvgIpc) is 2.82. The summed E-state index contributed by atoms with van der Waals surface area (Å²) in [5.74, 6) is -1.20. The Labute approximate surface area is 89.0 Å². The number of nitrogens with two attached hydrogens (primary N) is 1. The molecule has 4 N–H and O–H groups in total. The van der Waals surface area contributed by atoms with E-state index in [4.69, 9.17) is 10.8 Å². The van der Waals surface area contributed by atoms with Gasteiger partial charge in [-0.05, 0) is 32.6 Å². The van der Waals surface area contributed by atoms with Crippen LogP contribution in [-0.2, 0) is 9.59 Å². The Kier molecular flexibility index (Phi) is 3.34. The van der Waals surface area contributed by atoms with E-state index in [9.17, 15) is 9.59 Å². The summed E-state index contributed by atoms with van der Waals surface area (Å²) in [6.07, 6.45) is 1.89. The Balaban J connectivity index is 2.59. The summed E-state index contributed by atoms with van der Waals surface area (Å²) in [7, 11) is 0. The van der Waals surface area contributed by atoms with Gasteiger partial charge in [-0.1, -0.05) is 0 Å². The van der Waals surface area contributed by atoms with Crippen LogP contribution in [0.4, 0.5) is 0 Å². The van der Waals surface area contributed by atoms with Crippen molar-refractivity contribution in [1.82, 2.24) is 5.32 Å². The highest BCUT2D eigenvalue weighted by atomic mass is 16.4. The largest absolute Gasteiger partial charge is 0.480 e. The fraction of sp³-hybridized carbons (Fsp3) is 0.800. The Morgan fingerprint density at radius 2 is 2.13 bits per heavy atom. The zero-order valence-corrected chi connectivity index (χ0v) is 9.12. The van der Waals surface area contributed by atoms with Crippen molar-refractivity contribution in [2.24, 2.45) is 11.7 Å². The van der Waals surface area contributed by atoms with Gasteiger partial charge in [-0.15, -0.1) is 0 Å². The first kappa shape index (κ1) is 12.0. The Morgan fingerprint density at radius 3 is 2.47 bits per heavy atom. The average molecular weight is 214 g/mol. The molecule has 1 fully saturated rings. The highest BCUT2D eigenvalue weighted by Crippen LogP contribution is 2.39. The van der Waals surface area contributed by atoms with E-state index in [1.807, 2.05) is 0 Å². The molecule has 5 nitrogen and oxygen atoms in total. The standard InChI is InChI=1S/C10H18N2O3/c1-6(11)5-8(13)12-10(2,9(14)15)7-3-4-7/h6-7H,3-5,11H2,1-2H3,(H,12,13)(H,14,15). The minimum atomic E-state index is -1.12. The smallest absolute Gasteiger partial charge is 0.329 e. The van der Waals surface area contributed by atoms with Gasteiger partial charge in [0, 0.05) is 12.5 Å². The molecule has 1 saturated carbocycles. The second-order valence-electron chi connectivity index (χ2n) is 4.51. The first-order valence-corrected chi connectivity index (χ1v) is 5.16. The summed E-state index contributed by atoms with van der Waals surface area (Å²) in [6, 6.07) is -0.248. The molecule has 1 aliphatic carbocycles. The molecule has 0 heterocycles. The van der Waals surface area contributed by atoms with Crippen molar-refractivity contribution < 1.29 is 14.7 Å². The SMILES string of the molecule is CC(N)CC(=O)NC(C)(C(=O)O)C1CC1. The monoisotopic (exact) mass is 214 g/mol. The van der Waals surface area contributed by atoms with Crippen LogP contribution in [0.25, 0.3) is 0 Å². The Hall–Kier alpha value is -1.10. The molecule has 0 aliphatic heterocycles. The number of hydrogen-bond donors (Lipinski definition) is 3. The van der Waals surface area contributed by atoms with Crippen LogP contribution in [0.2, 0.25) is 0 Å². The van der Waals surface area contributed by atoms with Gasteiger partial charge < -0.3 is 16.2 Å². The summed E-state index contributed by atoms with van der Waals surface area (Å²) in [5.41, 5.74) is 4.35. The third kappa shape index (κ3) is 2.92. The third-order valence-electron chi connectivity index (χ3n) is 2.74. The molecular weight excluding hydrogens is 196 g/mol. The number of carbonyl (C=O) groups is 2. The number of aliphatic carboxylic acids is 1. The minimum Gasteiger partial charge on any atom is -0.480 e. The molecule has 0 aromatic carbocycles. The molecule has 0 aromatic heterocycles. The lowest BCUT2D eigenvalue weighted by atomic mass is 9.95. The van der Waals surface area contributed by atoms with Crippen LogP contribution < -0.4 is 11.1 Å². The molecule has 15 heavy (non-hydrogen) atoms. The molecule has 0 bridgehead atoms. The van der Waals surface area contributed by atoms with Gasteiger partial charge in [-0.2, -0.15) is 0 Å². The second-order valence-corrected chi connectivity index (χ2v) is 4.51. The van der Waals surface area contributed by atoms with E-state index in [-0.39, 0.29) is 24.3 Å². The van der Waals surface area contributed by atoms with Gasteiger partial charge in [0.2, 0.25) is 5.91 Å². The van der Waals surface area contributed by atoms with Gasteiger partial charge >= 0.3 is 5.97 Å². The van der Waals surface area contributed by atoms with Crippen molar-refractivity contribution in [3.8, 4) is 0 Å². The van der Waals surface area contributed by atoms with Crippen LogP contribution in [0.1, 0.15) is 33.1 Å². The molecule has 5 heteroatoms. The van der Waals surface area contributed by atoms with E-state index < -0.39 is 11.5 Å². The quantitative estimate of drug-likeness (QED) is 0.605. The van der Waals surface area contributed by atoms with Gasteiger partial charge in [0.25, 0.3) is 0 Å². The van der Waals surface area contributed by atoms with Crippen molar-refractivity contribution in [3.05, 3.63) is 0 Å². The molecule has 0 spiro atoms. The fourth-order valence-electron chi connectivity index (χ4n) is 1.62. The Bertz CT molecular complexity index is 274. The molecule has 1 rings (SSSR count). The maximum atomic E-state index is 11.5. The second kappa shape index (κ2) is 4.18. The van der Waals surface area contributed by atoms with E-state index >= 15 is 0 Å². The van der Waals surface area contributed by atoms with Crippen LogP contribution in [0.5, 0.6) is 0 Å². The summed E-state index contributed by atoms with van der Waals surface area (Å²) in [6.45, 7) is 3.28. The van der Waals surface area contributed by atoms with E-state index in [2.05, 4.69) is 5.32 Å². The molecule has 86 valence electrons. The van der Waals surface area contributed by atoms with Crippen molar-refractivity contribution in [3.63, 3.8) is 0 Å². The number of carbonyl (C=O) groups excluding carboxylic acids is 1. The van der Waals surface area contributed by atoms with Crippen LogP contribution in [-0.4, -0.2) is 28.6 Å². The lowest BCUT2D eigenvalue weighted by Crippen LogP contribution is -2.54. The number of hydrogen-bond acceptors (Lipinski definition) is 3. The highest BCUT2D eigenvalue weighted by molar-refractivity contribution is 5.87. The van der Waals surface area contributed by atoms with Gasteiger partial charge in [-0.25, -0.2) is 4.79 Å². The molecule has 0 saturated heterocycles. The van der Waals surface area contributed by atoms with Crippen LogP contribution >= 0.6 is 0 Å². The lowest BCUT2D eigenvalue weighted by molar-refractivity contribution is -0.148. The van der Waals surface area contributed by atoms with Crippen LogP contribution in [0.15, 0.2) is 0 Å². The lowest BCUT2D eigenvalue weighted by Gasteiger charge is -2.26. The summed E-state index contributed by atoms with van der Waals surface area (Å²) in [4.78, 5) is 22.5. The van der Waals surface area contributed by atoms with Crippen molar-refractivity contribution in [2.75, 3.05) is 0 Å². The predicted molar refractivity (Wildman–Crippen MR) is 55.2 cm³/mol. The van der Waals surface area contributed by atoms with Crippen LogP contribution in [0.3, 0.4) is 0 Å². The van der Waals surface area contributed by atoms with Crippen molar-refractivity contribution >= 4 is 11.9 Å². The number of rotatable bonds is 5. The van der Waals surface area contributed by atoms with E-state index in [1.165, 1.54) is 0 Å². The molecule has 1 amide bonds. The van der Waals surface area contributed by atoms with Crippen molar-refractivity contribution in [2.45, 2.75) is 44.7 Å². The van der Waals surface area contributed by atoms with Gasteiger partial charge in [0.1, 0.15) is 5.54 Å². The first-order chi connectivity index (χ1) is 6.86. The van der Waals surface area contributed by atoms with Crippen LogP contribution in [0, 0.1) is 5.92 Å². The number of carboxylic acid groups (broad SMARTS) is 1. The maximum Gasteiger partial charge on any atom is 0.329 e. The zero-order chi connectivity index (χ0) is 11.6. The molecule has 2 atom stereocenters. The van der Waals surface area contributed by atoms with E-state index in [1.54, 1.807) is 13.8 Å². The number of amides is 1. The van der Waals surface area contributed by atoms with Gasteiger partial charge in [-0.3, -0.25) is 4.79 Å². The maximum absolute atomic E-state index is 11.5. The zero-order valence-electron chi connectivity index (χ0n) is 9.12. The molecule has 1 aliphatic rings. The molecule has 2 unspecified atom stereocenters. The van der Waals surface area contributed by atoms with E-state index in [0.717, 1.165) is 12.8 Å². The predicted octanol–water partition coefficient (Wildman–Crippen LogP) is 0.0932. The van der Waals surface area contributed by atoms with Gasteiger partial charge in [0.15, 0.2) is 0 Å². The van der Waals surface area contributed by atoms with E-state index in [0.29, 0.717) is 0 Å².